The Morgan fingerprint density at radius 1 is 0.909 bits per heavy atom. The van der Waals surface area contributed by atoms with Crippen molar-refractivity contribution in [2.24, 2.45) is 0 Å². The van der Waals surface area contributed by atoms with Crippen LogP contribution in [0.3, 0.4) is 0 Å². The molecule has 3 aromatic rings. The van der Waals surface area contributed by atoms with E-state index in [0.717, 1.165) is 6.07 Å². The molecule has 8 heteroatoms. The van der Waals surface area contributed by atoms with E-state index in [4.69, 9.17) is 9.47 Å². The molecule has 2 N–H and O–H groups in total. The van der Waals surface area contributed by atoms with Crippen molar-refractivity contribution in [3.63, 3.8) is 0 Å². The predicted octanol–water partition coefficient (Wildman–Crippen LogP) is 3.88. The molecule has 3 aromatic carbocycles. The fourth-order valence-corrected chi connectivity index (χ4v) is 3.02. The number of amides is 2. The van der Waals surface area contributed by atoms with Crippen LogP contribution >= 0.6 is 0 Å². The van der Waals surface area contributed by atoms with Crippen LogP contribution in [0.5, 0.6) is 5.75 Å². The van der Waals surface area contributed by atoms with Gasteiger partial charge in [-0.2, -0.15) is 0 Å². The van der Waals surface area contributed by atoms with Crippen molar-refractivity contribution in [3.05, 3.63) is 95.8 Å². The predicted molar refractivity (Wildman–Crippen MR) is 120 cm³/mol. The lowest BCUT2D eigenvalue weighted by molar-refractivity contribution is -0.153. The Morgan fingerprint density at radius 3 is 2.30 bits per heavy atom. The van der Waals surface area contributed by atoms with E-state index in [9.17, 15) is 18.8 Å². The van der Waals surface area contributed by atoms with Gasteiger partial charge in [0, 0.05) is 5.56 Å². The van der Waals surface area contributed by atoms with Gasteiger partial charge >= 0.3 is 5.97 Å². The number of para-hydroxylation sites is 2. The molecule has 0 saturated heterocycles. The highest BCUT2D eigenvalue weighted by Gasteiger charge is 2.26. The summed E-state index contributed by atoms with van der Waals surface area (Å²) in [6, 6.07) is 20.7. The fourth-order valence-electron chi connectivity index (χ4n) is 3.02. The molecule has 0 unspecified atom stereocenters. The Bertz CT molecular complexity index is 1120. The lowest BCUT2D eigenvalue weighted by Gasteiger charge is -2.19. The maximum absolute atomic E-state index is 13.8. The van der Waals surface area contributed by atoms with Gasteiger partial charge < -0.3 is 20.1 Å². The molecule has 0 aliphatic rings. The van der Waals surface area contributed by atoms with Crippen LogP contribution in [0.15, 0.2) is 78.9 Å². The maximum atomic E-state index is 13.8. The molecule has 7 nitrogen and oxygen atoms in total. The van der Waals surface area contributed by atoms with Gasteiger partial charge in [-0.1, -0.05) is 54.6 Å². The monoisotopic (exact) mass is 450 g/mol. The SMILES string of the molecule is CCOc1ccccc1NC(=O)[C@H](OC(=O)CNC(=O)c1ccccc1F)c1ccccc1. The van der Waals surface area contributed by atoms with E-state index in [1.165, 1.54) is 18.2 Å². The number of carbonyl (C=O) groups excluding carboxylic acids is 3. The van der Waals surface area contributed by atoms with E-state index in [2.05, 4.69) is 10.6 Å². The topological polar surface area (TPSA) is 93.7 Å². The highest BCUT2D eigenvalue weighted by atomic mass is 19.1. The summed E-state index contributed by atoms with van der Waals surface area (Å²) in [5, 5.41) is 5.03. The summed E-state index contributed by atoms with van der Waals surface area (Å²) in [5.41, 5.74) is 0.669. The molecule has 170 valence electrons. The van der Waals surface area contributed by atoms with Gasteiger partial charge in [-0.15, -0.1) is 0 Å². The summed E-state index contributed by atoms with van der Waals surface area (Å²) in [4.78, 5) is 37.6. The number of esters is 1. The highest BCUT2D eigenvalue weighted by molar-refractivity contribution is 5.98. The third kappa shape index (κ3) is 6.39. The molecule has 0 radical (unpaired) electrons. The first-order valence-electron chi connectivity index (χ1n) is 10.3. The van der Waals surface area contributed by atoms with Crippen LogP contribution in [0.25, 0.3) is 0 Å². The van der Waals surface area contributed by atoms with E-state index >= 15 is 0 Å². The molecule has 0 aliphatic heterocycles. The molecule has 0 spiro atoms. The number of ether oxygens (including phenoxy) is 2. The third-order valence-corrected chi connectivity index (χ3v) is 4.55. The van der Waals surface area contributed by atoms with Crippen molar-refractivity contribution < 1.29 is 28.2 Å². The van der Waals surface area contributed by atoms with Crippen molar-refractivity contribution in [1.29, 1.82) is 0 Å². The second-order valence-corrected chi connectivity index (χ2v) is 6.86. The number of carbonyl (C=O) groups is 3. The minimum absolute atomic E-state index is 0.199. The van der Waals surface area contributed by atoms with E-state index in [-0.39, 0.29) is 5.56 Å². The Kier molecular flexibility index (Phi) is 8.13. The van der Waals surface area contributed by atoms with Gasteiger partial charge in [0.05, 0.1) is 17.9 Å². The number of benzene rings is 3. The van der Waals surface area contributed by atoms with E-state index in [1.54, 1.807) is 54.6 Å². The molecule has 0 aromatic heterocycles. The molecule has 33 heavy (non-hydrogen) atoms. The largest absolute Gasteiger partial charge is 0.492 e. The van der Waals surface area contributed by atoms with Gasteiger partial charge in [0.15, 0.2) is 0 Å². The minimum Gasteiger partial charge on any atom is -0.492 e. The van der Waals surface area contributed by atoms with Crippen LogP contribution in [0, 0.1) is 5.82 Å². The quantitative estimate of drug-likeness (QED) is 0.483. The number of anilines is 1. The molecule has 0 saturated carbocycles. The van der Waals surface area contributed by atoms with Crippen molar-refractivity contribution in [3.8, 4) is 5.75 Å². The van der Waals surface area contributed by atoms with Gasteiger partial charge in [0.2, 0.25) is 6.10 Å². The zero-order chi connectivity index (χ0) is 23.6. The molecule has 0 aliphatic carbocycles. The van der Waals surface area contributed by atoms with Crippen molar-refractivity contribution in [2.75, 3.05) is 18.5 Å². The second kappa shape index (κ2) is 11.4. The maximum Gasteiger partial charge on any atom is 0.326 e. The van der Waals surface area contributed by atoms with E-state index < -0.39 is 36.2 Å². The Morgan fingerprint density at radius 2 is 1.58 bits per heavy atom. The standard InChI is InChI=1S/C25H23FN2O5/c1-2-32-21-15-9-8-14-20(21)28-25(31)23(17-10-4-3-5-11-17)33-22(29)16-27-24(30)18-12-6-7-13-19(18)26/h3-15,23H,2,16H2,1H3,(H,27,30)(H,28,31)/t23-/m1/s1. The summed E-state index contributed by atoms with van der Waals surface area (Å²) >= 11 is 0. The molecule has 1 atom stereocenters. The van der Waals surface area contributed by atoms with E-state index in [0.29, 0.717) is 23.6 Å². The first kappa shape index (κ1) is 23.5. The van der Waals surface area contributed by atoms with Crippen LogP contribution < -0.4 is 15.4 Å². The average Bonchev–Trinajstić information content (AvgIpc) is 2.83. The van der Waals surface area contributed by atoms with Crippen molar-refractivity contribution in [1.82, 2.24) is 5.32 Å². The molecule has 3 rings (SSSR count). The number of hydrogen-bond acceptors (Lipinski definition) is 5. The summed E-state index contributed by atoms with van der Waals surface area (Å²) in [7, 11) is 0. The van der Waals surface area contributed by atoms with Crippen LogP contribution in [-0.4, -0.2) is 30.9 Å². The zero-order valence-electron chi connectivity index (χ0n) is 17.9. The lowest BCUT2D eigenvalue weighted by Crippen LogP contribution is -2.34. The molecule has 2 amide bonds. The number of nitrogens with one attached hydrogen (secondary N) is 2. The Balaban J connectivity index is 1.71. The van der Waals surface area contributed by atoms with Crippen LogP contribution in [0.4, 0.5) is 10.1 Å². The summed E-state index contributed by atoms with van der Waals surface area (Å²) in [5.74, 6) is -2.46. The lowest BCUT2D eigenvalue weighted by atomic mass is 10.1. The number of hydrogen-bond donors (Lipinski definition) is 2. The second-order valence-electron chi connectivity index (χ2n) is 6.86. The van der Waals surface area contributed by atoms with Crippen LogP contribution in [0.2, 0.25) is 0 Å². The third-order valence-electron chi connectivity index (χ3n) is 4.55. The molecular formula is C25H23FN2O5. The average molecular weight is 450 g/mol. The van der Waals surface area contributed by atoms with Gasteiger partial charge in [-0.3, -0.25) is 14.4 Å². The fraction of sp³-hybridized carbons (Fsp3) is 0.160. The Labute approximate surface area is 190 Å². The van der Waals surface area contributed by atoms with Crippen molar-refractivity contribution in [2.45, 2.75) is 13.0 Å². The van der Waals surface area contributed by atoms with Gasteiger partial charge in [0.1, 0.15) is 18.1 Å². The normalized spacial score (nSPS) is 11.2. The van der Waals surface area contributed by atoms with Crippen LogP contribution in [0.1, 0.15) is 28.9 Å². The Hall–Kier alpha value is -4.20. The summed E-state index contributed by atoms with van der Waals surface area (Å²) in [6.07, 6.45) is -1.28. The van der Waals surface area contributed by atoms with Gasteiger partial charge in [-0.05, 0) is 31.2 Å². The zero-order valence-corrected chi connectivity index (χ0v) is 17.9. The molecule has 0 heterocycles. The number of rotatable bonds is 9. The summed E-state index contributed by atoms with van der Waals surface area (Å²) < 4.78 is 24.7. The molecular weight excluding hydrogens is 427 g/mol. The molecule has 0 bridgehead atoms. The molecule has 0 fully saturated rings. The van der Waals surface area contributed by atoms with Gasteiger partial charge in [-0.25, -0.2) is 4.39 Å². The smallest absolute Gasteiger partial charge is 0.326 e. The first-order valence-corrected chi connectivity index (χ1v) is 10.3. The minimum atomic E-state index is -1.28. The number of halogens is 1. The van der Waals surface area contributed by atoms with Gasteiger partial charge in [0.25, 0.3) is 11.8 Å². The van der Waals surface area contributed by atoms with Crippen molar-refractivity contribution >= 4 is 23.5 Å². The van der Waals surface area contributed by atoms with E-state index in [1.807, 2.05) is 6.92 Å². The first-order chi connectivity index (χ1) is 16.0. The summed E-state index contributed by atoms with van der Waals surface area (Å²) in [6.45, 7) is 1.69. The highest BCUT2D eigenvalue weighted by Crippen LogP contribution is 2.26. The van der Waals surface area contributed by atoms with Crippen LogP contribution in [-0.2, 0) is 14.3 Å².